The lowest BCUT2D eigenvalue weighted by Crippen LogP contribution is -2.28. The highest BCUT2D eigenvalue weighted by atomic mass is 16.3. The summed E-state index contributed by atoms with van der Waals surface area (Å²) >= 11 is 0. The molecule has 0 unspecified atom stereocenters. The fourth-order valence-corrected chi connectivity index (χ4v) is 2.12. The molecule has 1 saturated heterocycles. The molecule has 0 atom stereocenters. The van der Waals surface area contributed by atoms with Gasteiger partial charge < -0.3 is 15.5 Å². The standard InChI is InChI=1S/C12H17NO2/c14-11-2-1-10(12(15)8-11)7-9-3-5-13-6-4-9/h1-2,8-9,13-15H,3-7H2. The van der Waals surface area contributed by atoms with Crippen molar-refractivity contribution in [1.82, 2.24) is 5.32 Å². The second kappa shape index (κ2) is 4.53. The maximum Gasteiger partial charge on any atom is 0.122 e. The Labute approximate surface area is 89.8 Å². The predicted octanol–water partition coefficient (Wildman–Crippen LogP) is 1.64. The minimum Gasteiger partial charge on any atom is -0.508 e. The number of benzene rings is 1. The average Bonchev–Trinajstić information content (AvgIpc) is 2.24. The van der Waals surface area contributed by atoms with Crippen molar-refractivity contribution >= 4 is 0 Å². The molecule has 3 heteroatoms. The Kier molecular flexibility index (Phi) is 3.11. The van der Waals surface area contributed by atoms with E-state index in [2.05, 4.69) is 5.32 Å². The molecule has 2 rings (SSSR count). The number of rotatable bonds is 2. The van der Waals surface area contributed by atoms with Gasteiger partial charge in [0, 0.05) is 6.07 Å². The highest BCUT2D eigenvalue weighted by molar-refractivity contribution is 5.39. The first-order valence-corrected chi connectivity index (χ1v) is 5.47. The smallest absolute Gasteiger partial charge is 0.122 e. The molecular formula is C12H17NO2. The van der Waals surface area contributed by atoms with Gasteiger partial charge in [0.05, 0.1) is 0 Å². The third-order valence-corrected chi connectivity index (χ3v) is 3.04. The Bertz CT molecular complexity index is 332. The third kappa shape index (κ3) is 2.63. The van der Waals surface area contributed by atoms with Crippen molar-refractivity contribution in [2.45, 2.75) is 19.3 Å². The summed E-state index contributed by atoms with van der Waals surface area (Å²) in [6.07, 6.45) is 3.24. The van der Waals surface area contributed by atoms with Crippen LogP contribution < -0.4 is 5.32 Å². The van der Waals surface area contributed by atoms with Gasteiger partial charge in [-0.3, -0.25) is 0 Å². The van der Waals surface area contributed by atoms with E-state index in [1.165, 1.54) is 18.9 Å². The first-order chi connectivity index (χ1) is 7.25. The van der Waals surface area contributed by atoms with Crippen LogP contribution in [0.25, 0.3) is 0 Å². The van der Waals surface area contributed by atoms with Crippen LogP contribution in [0.4, 0.5) is 0 Å². The summed E-state index contributed by atoms with van der Waals surface area (Å²) in [4.78, 5) is 0. The molecule has 15 heavy (non-hydrogen) atoms. The minimum absolute atomic E-state index is 0.126. The molecule has 0 aromatic heterocycles. The summed E-state index contributed by atoms with van der Waals surface area (Å²) in [7, 11) is 0. The molecule has 3 nitrogen and oxygen atoms in total. The fraction of sp³-hybridized carbons (Fsp3) is 0.500. The Hall–Kier alpha value is -1.22. The van der Waals surface area contributed by atoms with Crippen molar-refractivity contribution in [3.63, 3.8) is 0 Å². The van der Waals surface area contributed by atoms with Gasteiger partial charge in [-0.2, -0.15) is 0 Å². The van der Waals surface area contributed by atoms with Gasteiger partial charge in [0.2, 0.25) is 0 Å². The molecule has 1 heterocycles. The SMILES string of the molecule is Oc1ccc(CC2CCNCC2)c(O)c1. The lowest BCUT2D eigenvalue weighted by atomic mass is 9.90. The maximum absolute atomic E-state index is 9.65. The number of hydrogen-bond acceptors (Lipinski definition) is 3. The lowest BCUT2D eigenvalue weighted by Gasteiger charge is -2.22. The molecule has 0 aliphatic carbocycles. The average molecular weight is 207 g/mol. The van der Waals surface area contributed by atoms with Gasteiger partial charge in [0.25, 0.3) is 0 Å². The summed E-state index contributed by atoms with van der Waals surface area (Å²) in [6.45, 7) is 2.15. The van der Waals surface area contributed by atoms with Gasteiger partial charge in [0.15, 0.2) is 0 Å². The summed E-state index contributed by atoms with van der Waals surface area (Å²) in [5.74, 6) is 0.997. The van der Waals surface area contributed by atoms with Gasteiger partial charge in [-0.1, -0.05) is 6.07 Å². The highest BCUT2D eigenvalue weighted by Crippen LogP contribution is 2.27. The highest BCUT2D eigenvalue weighted by Gasteiger charge is 2.15. The van der Waals surface area contributed by atoms with Crippen LogP contribution in [0.2, 0.25) is 0 Å². The summed E-state index contributed by atoms with van der Waals surface area (Å²) in [5.41, 5.74) is 0.944. The van der Waals surface area contributed by atoms with Crippen LogP contribution in [-0.2, 0) is 6.42 Å². The van der Waals surface area contributed by atoms with Gasteiger partial charge in [-0.05, 0) is 49.9 Å². The van der Waals surface area contributed by atoms with E-state index in [4.69, 9.17) is 0 Å². The number of phenolic OH excluding ortho intramolecular Hbond substituents is 2. The summed E-state index contributed by atoms with van der Waals surface area (Å²) < 4.78 is 0. The number of aromatic hydroxyl groups is 2. The Morgan fingerprint density at radius 2 is 1.93 bits per heavy atom. The first kappa shape index (κ1) is 10.3. The molecule has 0 amide bonds. The Balaban J connectivity index is 2.03. The third-order valence-electron chi connectivity index (χ3n) is 3.04. The zero-order valence-electron chi connectivity index (χ0n) is 8.74. The van der Waals surface area contributed by atoms with Crippen LogP contribution in [0, 0.1) is 5.92 Å². The van der Waals surface area contributed by atoms with Crippen LogP contribution >= 0.6 is 0 Å². The molecule has 1 aliphatic rings. The zero-order chi connectivity index (χ0) is 10.7. The van der Waals surface area contributed by atoms with Crippen molar-refractivity contribution in [1.29, 1.82) is 0 Å². The number of phenols is 2. The van der Waals surface area contributed by atoms with E-state index in [9.17, 15) is 10.2 Å². The number of piperidine rings is 1. The van der Waals surface area contributed by atoms with E-state index in [0.717, 1.165) is 25.1 Å². The Morgan fingerprint density at radius 1 is 1.20 bits per heavy atom. The van der Waals surface area contributed by atoms with Gasteiger partial charge in [-0.25, -0.2) is 0 Å². The van der Waals surface area contributed by atoms with Crippen molar-refractivity contribution < 1.29 is 10.2 Å². The van der Waals surface area contributed by atoms with Gasteiger partial charge in [-0.15, -0.1) is 0 Å². The zero-order valence-corrected chi connectivity index (χ0v) is 8.74. The van der Waals surface area contributed by atoms with Crippen LogP contribution in [0.15, 0.2) is 18.2 Å². The van der Waals surface area contributed by atoms with E-state index in [-0.39, 0.29) is 11.5 Å². The normalized spacial score (nSPS) is 17.9. The largest absolute Gasteiger partial charge is 0.508 e. The van der Waals surface area contributed by atoms with E-state index < -0.39 is 0 Å². The van der Waals surface area contributed by atoms with Crippen LogP contribution in [0.1, 0.15) is 18.4 Å². The van der Waals surface area contributed by atoms with Gasteiger partial charge >= 0.3 is 0 Å². The molecular weight excluding hydrogens is 190 g/mol. The molecule has 3 N–H and O–H groups in total. The topological polar surface area (TPSA) is 52.5 Å². The van der Waals surface area contributed by atoms with E-state index in [1.807, 2.05) is 6.07 Å². The molecule has 0 bridgehead atoms. The van der Waals surface area contributed by atoms with Crippen molar-refractivity contribution in [2.24, 2.45) is 5.92 Å². The first-order valence-electron chi connectivity index (χ1n) is 5.47. The molecule has 1 aromatic carbocycles. The second-order valence-corrected chi connectivity index (χ2v) is 4.21. The lowest BCUT2D eigenvalue weighted by molar-refractivity contribution is 0.365. The number of hydrogen-bond donors (Lipinski definition) is 3. The van der Waals surface area contributed by atoms with Crippen LogP contribution in [0.5, 0.6) is 11.5 Å². The number of nitrogens with one attached hydrogen (secondary N) is 1. The van der Waals surface area contributed by atoms with Crippen molar-refractivity contribution in [3.8, 4) is 11.5 Å². The van der Waals surface area contributed by atoms with E-state index >= 15 is 0 Å². The molecule has 0 spiro atoms. The molecule has 1 fully saturated rings. The van der Waals surface area contributed by atoms with Crippen molar-refractivity contribution in [2.75, 3.05) is 13.1 Å². The molecule has 1 aliphatic heterocycles. The molecule has 82 valence electrons. The van der Waals surface area contributed by atoms with E-state index in [1.54, 1.807) is 6.07 Å². The summed E-state index contributed by atoms with van der Waals surface area (Å²) in [6, 6.07) is 4.86. The minimum atomic E-state index is 0.126. The monoisotopic (exact) mass is 207 g/mol. The van der Waals surface area contributed by atoms with Crippen LogP contribution in [-0.4, -0.2) is 23.3 Å². The molecule has 1 aromatic rings. The fourth-order valence-electron chi connectivity index (χ4n) is 2.12. The van der Waals surface area contributed by atoms with Crippen molar-refractivity contribution in [3.05, 3.63) is 23.8 Å². The molecule has 0 radical (unpaired) electrons. The molecule has 0 saturated carbocycles. The van der Waals surface area contributed by atoms with Gasteiger partial charge in [0.1, 0.15) is 11.5 Å². The quantitative estimate of drug-likeness (QED) is 0.691. The Morgan fingerprint density at radius 3 is 2.60 bits per heavy atom. The van der Waals surface area contributed by atoms with E-state index in [0.29, 0.717) is 5.92 Å². The second-order valence-electron chi connectivity index (χ2n) is 4.21. The predicted molar refractivity (Wildman–Crippen MR) is 59.1 cm³/mol. The maximum atomic E-state index is 9.65. The van der Waals surface area contributed by atoms with Crippen LogP contribution in [0.3, 0.4) is 0 Å². The summed E-state index contributed by atoms with van der Waals surface area (Å²) in [5, 5.41) is 22.1.